The lowest BCUT2D eigenvalue weighted by atomic mass is 9.87. The van der Waals surface area contributed by atoms with E-state index >= 15 is 0 Å². The molecule has 0 aliphatic heterocycles. The number of hydrogen-bond acceptors (Lipinski definition) is 2. The first-order valence-corrected chi connectivity index (χ1v) is 9.78. The Morgan fingerprint density at radius 3 is 2.52 bits per heavy atom. The number of amides is 2. The lowest BCUT2D eigenvalue weighted by molar-refractivity contribution is -0.124. The summed E-state index contributed by atoms with van der Waals surface area (Å²) in [4.78, 5) is 25.6. The minimum Gasteiger partial charge on any atom is -0.347 e. The molecule has 3 rings (SSSR count). The molecular formula is C22H25ClN2O2. The van der Waals surface area contributed by atoms with Crippen molar-refractivity contribution >= 4 is 23.4 Å². The highest BCUT2D eigenvalue weighted by Gasteiger charge is 2.29. The van der Waals surface area contributed by atoms with Gasteiger partial charge >= 0.3 is 0 Å². The quantitative estimate of drug-likeness (QED) is 0.807. The van der Waals surface area contributed by atoms with Gasteiger partial charge in [0.05, 0.1) is 16.6 Å². The first kappa shape index (κ1) is 19.4. The maximum atomic E-state index is 13.0. The number of nitrogens with one attached hydrogen (secondary N) is 2. The Kier molecular flexibility index (Phi) is 6.17. The fourth-order valence-corrected chi connectivity index (χ4v) is 3.79. The van der Waals surface area contributed by atoms with Crippen molar-refractivity contribution in [3.63, 3.8) is 0 Å². The van der Waals surface area contributed by atoms with Crippen molar-refractivity contribution in [2.24, 2.45) is 5.92 Å². The topological polar surface area (TPSA) is 58.2 Å². The molecule has 0 unspecified atom stereocenters. The minimum atomic E-state index is -0.622. The second-order valence-corrected chi connectivity index (χ2v) is 7.73. The fraction of sp³-hybridized carbons (Fsp3) is 0.364. The van der Waals surface area contributed by atoms with E-state index in [0.717, 1.165) is 19.3 Å². The Morgan fingerprint density at radius 1 is 1.07 bits per heavy atom. The van der Waals surface area contributed by atoms with Crippen molar-refractivity contribution in [3.05, 3.63) is 70.2 Å². The van der Waals surface area contributed by atoms with Gasteiger partial charge in [-0.25, -0.2) is 0 Å². The van der Waals surface area contributed by atoms with Gasteiger partial charge in [0.25, 0.3) is 5.91 Å². The highest BCUT2D eigenvalue weighted by atomic mass is 35.5. The highest BCUT2D eigenvalue weighted by Crippen LogP contribution is 2.29. The van der Waals surface area contributed by atoms with E-state index in [-0.39, 0.29) is 23.8 Å². The monoisotopic (exact) mass is 384 g/mol. The van der Waals surface area contributed by atoms with Crippen LogP contribution in [0.1, 0.15) is 54.2 Å². The summed E-state index contributed by atoms with van der Waals surface area (Å²) in [6, 6.07) is 14.4. The van der Waals surface area contributed by atoms with Crippen molar-refractivity contribution in [1.29, 1.82) is 0 Å². The van der Waals surface area contributed by atoms with Gasteiger partial charge in [0.2, 0.25) is 5.91 Å². The van der Waals surface area contributed by atoms with Crippen LogP contribution in [0.25, 0.3) is 0 Å². The minimum absolute atomic E-state index is 0.0130. The summed E-state index contributed by atoms with van der Waals surface area (Å²) in [5, 5.41) is 6.37. The van der Waals surface area contributed by atoms with Gasteiger partial charge in [-0.2, -0.15) is 0 Å². The van der Waals surface area contributed by atoms with Gasteiger partial charge in [-0.05, 0) is 48.4 Å². The first-order valence-electron chi connectivity index (χ1n) is 9.41. The van der Waals surface area contributed by atoms with Crippen molar-refractivity contribution in [1.82, 2.24) is 10.6 Å². The Hall–Kier alpha value is -2.33. The zero-order valence-electron chi connectivity index (χ0n) is 15.7. The third-order valence-electron chi connectivity index (χ3n) is 5.04. The summed E-state index contributed by atoms with van der Waals surface area (Å²) in [6.07, 6.45) is 2.99. The van der Waals surface area contributed by atoms with Crippen LogP contribution in [0, 0.1) is 5.92 Å². The van der Waals surface area contributed by atoms with Crippen LogP contribution >= 0.6 is 11.6 Å². The van der Waals surface area contributed by atoms with E-state index in [0.29, 0.717) is 10.6 Å². The van der Waals surface area contributed by atoms with Crippen LogP contribution in [-0.2, 0) is 11.2 Å². The summed E-state index contributed by atoms with van der Waals surface area (Å²) in [7, 11) is 0. The average Bonchev–Trinajstić information content (AvgIpc) is 2.66. The van der Waals surface area contributed by atoms with Gasteiger partial charge in [-0.15, -0.1) is 0 Å². The molecule has 5 heteroatoms. The van der Waals surface area contributed by atoms with Crippen LogP contribution in [0.4, 0.5) is 0 Å². The number of aryl methyl sites for hydroxylation is 1. The second kappa shape index (κ2) is 8.57. The molecule has 0 saturated carbocycles. The van der Waals surface area contributed by atoms with Crippen molar-refractivity contribution in [3.8, 4) is 0 Å². The lowest BCUT2D eigenvalue weighted by Crippen LogP contribution is -2.50. The molecule has 0 bridgehead atoms. The number of carbonyl (C=O) groups is 2. The molecule has 4 nitrogen and oxygen atoms in total. The van der Waals surface area contributed by atoms with Crippen LogP contribution in [0.3, 0.4) is 0 Å². The van der Waals surface area contributed by atoms with E-state index in [1.54, 1.807) is 24.3 Å². The summed E-state index contributed by atoms with van der Waals surface area (Å²) in [5.41, 5.74) is 2.84. The molecule has 0 saturated heterocycles. The van der Waals surface area contributed by atoms with E-state index < -0.39 is 6.04 Å². The highest BCUT2D eigenvalue weighted by molar-refractivity contribution is 6.33. The van der Waals surface area contributed by atoms with Gasteiger partial charge in [0.1, 0.15) is 6.04 Å². The Labute approximate surface area is 165 Å². The van der Waals surface area contributed by atoms with Crippen LogP contribution in [0.5, 0.6) is 0 Å². The number of rotatable bonds is 5. The van der Waals surface area contributed by atoms with E-state index in [1.807, 2.05) is 26.0 Å². The summed E-state index contributed by atoms with van der Waals surface area (Å²) in [5.74, 6) is -0.541. The van der Waals surface area contributed by atoms with E-state index in [9.17, 15) is 9.59 Å². The predicted octanol–water partition coefficient (Wildman–Crippen LogP) is 4.29. The third-order valence-corrected chi connectivity index (χ3v) is 5.37. The van der Waals surface area contributed by atoms with Crippen LogP contribution in [0.2, 0.25) is 5.02 Å². The SMILES string of the molecule is CC(C)[C@H](NC(=O)c1ccccc1Cl)C(=O)N[C@H]1CCCc2ccccc21. The maximum Gasteiger partial charge on any atom is 0.253 e. The Morgan fingerprint density at radius 2 is 1.78 bits per heavy atom. The first-order chi connectivity index (χ1) is 13.0. The molecule has 1 aliphatic rings. The van der Waals surface area contributed by atoms with E-state index in [1.165, 1.54) is 11.1 Å². The Balaban J connectivity index is 1.73. The second-order valence-electron chi connectivity index (χ2n) is 7.33. The summed E-state index contributed by atoms with van der Waals surface area (Å²) < 4.78 is 0. The van der Waals surface area contributed by atoms with Crippen LogP contribution < -0.4 is 10.6 Å². The lowest BCUT2D eigenvalue weighted by Gasteiger charge is -2.29. The third kappa shape index (κ3) is 4.51. The Bertz CT molecular complexity index is 835. The maximum absolute atomic E-state index is 13.0. The predicted molar refractivity (Wildman–Crippen MR) is 108 cm³/mol. The summed E-state index contributed by atoms with van der Waals surface area (Å²) >= 11 is 6.11. The van der Waals surface area contributed by atoms with Crippen LogP contribution in [-0.4, -0.2) is 17.9 Å². The van der Waals surface area contributed by atoms with Crippen molar-refractivity contribution < 1.29 is 9.59 Å². The molecule has 2 aromatic rings. The number of halogens is 1. The molecule has 142 valence electrons. The van der Waals surface area contributed by atoms with Gasteiger partial charge in [-0.1, -0.05) is 61.8 Å². The molecule has 0 radical (unpaired) electrons. The molecule has 2 N–H and O–H groups in total. The molecule has 0 aromatic heterocycles. The van der Waals surface area contributed by atoms with Gasteiger partial charge in [-0.3, -0.25) is 9.59 Å². The zero-order chi connectivity index (χ0) is 19.4. The molecule has 1 aliphatic carbocycles. The van der Waals surface area contributed by atoms with Gasteiger partial charge < -0.3 is 10.6 Å². The standard InChI is InChI=1S/C22H25ClN2O2/c1-14(2)20(25-21(26)17-11-5-6-12-18(17)23)22(27)24-19-13-7-9-15-8-3-4-10-16(15)19/h3-6,8,10-12,14,19-20H,7,9,13H2,1-2H3,(H,24,27)(H,25,26)/t19-,20-/m0/s1. The molecule has 0 spiro atoms. The summed E-state index contributed by atoms with van der Waals surface area (Å²) in [6.45, 7) is 3.85. The molecule has 0 heterocycles. The molecule has 2 atom stereocenters. The molecule has 2 amide bonds. The van der Waals surface area contributed by atoms with Crippen LogP contribution in [0.15, 0.2) is 48.5 Å². The largest absolute Gasteiger partial charge is 0.347 e. The normalized spacial score (nSPS) is 17.1. The van der Waals surface area contributed by atoms with E-state index in [4.69, 9.17) is 11.6 Å². The zero-order valence-corrected chi connectivity index (χ0v) is 16.4. The smallest absolute Gasteiger partial charge is 0.253 e. The van der Waals surface area contributed by atoms with Gasteiger partial charge in [0, 0.05) is 0 Å². The fourth-order valence-electron chi connectivity index (χ4n) is 3.56. The van der Waals surface area contributed by atoms with Crippen molar-refractivity contribution in [2.75, 3.05) is 0 Å². The molecular weight excluding hydrogens is 360 g/mol. The average molecular weight is 385 g/mol. The number of benzene rings is 2. The molecule has 2 aromatic carbocycles. The van der Waals surface area contributed by atoms with E-state index in [2.05, 4.69) is 22.8 Å². The van der Waals surface area contributed by atoms with Crippen molar-refractivity contribution in [2.45, 2.75) is 45.2 Å². The number of hydrogen-bond donors (Lipinski definition) is 2. The van der Waals surface area contributed by atoms with Gasteiger partial charge in [0.15, 0.2) is 0 Å². The molecule has 27 heavy (non-hydrogen) atoms. The molecule has 0 fully saturated rings. The number of fused-ring (bicyclic) bond motifs is 1. The number of carbonyl (C=O) groups excluding carboxylic acids is 2.